The molecule has 1 fully saturated rings. The van der Waals surface area contributed by atoms with Crippen LogP contribution in [0.4, 0.5) is 5.69 Å². The van der Waals surface area contributed by atoms with Gasteiger partial charge in [0.05, 0.1) is 23.1 Å². The number of nitrogens with one attached hydrogen (secondary N) is 1. The zero-order chi connectivity index (χ0) is 17.1. The van der Waals surface area contributed by atoms with Crippen LogP contribution < -0.4 is 5.32 Å². The summed E-state index contributed by atoms with van der Waals surface area (Å²) in [6.45, 7) is 0. The number of carbonyl (C=O) groups is 3. The van der Waals surface area contributed by atoms with Crippen molar-refractivity contribution in [3.05, 3.63) is 29.8 Å². The van der Waals surface area contributed by atoms with Crippen molar-refractivity contribution in [2.24, 2.45) is 11.8 Å². The number of amides is 1. The van der Waals surface area contributed by atoms with Gasteiger partial charge in [0, 0.05) is 9.65 Å². The number of carboxylic acid groups (broad SMARTS) is 2. The zero-order valence-electron chi connectivity index (χ0n) is 11.9. The molecule has 4 atom stereocenters. The zero-order valence-corrected chi connectivity index (χ0v) is 15.1. The molecule has 124 valence electrons. The van der Waals surface area contributed by atoms with E-state index in [1.165, 1.54) is 12.1 Å². The van der Waals surface area contributed by atoms with Crippen molar-refractivity contribution in [3.63, 3.8) is 0 Å². The SMILES string of the molecule is O=C(O)c1ccccc1NC(=O)C1CC(Br)C(Br)CC1C(=O)O. The van der Waals surface area contributed by atoms with E-state index in [9.17, 15) is 19.5 Å². The van der Waals surface area contributed by atoms with Crippen molar-refractivity contribution in [2.45, 2.75) is 22.5 Å². The number of hydrogen-bond donors (Lipinski definition) is 3. The van der Waals surface area contributed by atoms with Gasteiger partial charge in [0.15, 0.2) is 0 Å². The molecule has 0 aromatic heterocycles. The summed E-state index contributed by atoms with van der Waals surface area (Å²) < 4.78 is 0. The lowest BCUT2D eigenvalue weighted by Gasteiger charge is -2.34. The number of carbonyl (C=O) groups excluding carboxylic acids is 1. The lowest BCUT2D eigenvalue weighted by Crippen LogP contribution is -2.42. The molecule has 0 bridgehead atoms. The van der Waals surface area contributed by atoms with Gasteiger partial charge in [0.1, 0.15) is 0 Å². The fourth-order valence-electron chi connectivity index (χ4n) is 2.68. The van der Waals surface area contributed by atoms with E-state index >= 15 is 0 Å². The van der Waals surface area contributed by atoms with Crippen molar-refractivity contribution < 1.29 is 24.6 Å². The van der Waals surface area contributed by atoms with Crippen LogP contribution in [0, 0.1) is 11.8 Å². The highest BCUT2D eigenvalue weighted by Gasteiger charge is 2.42. The Morgan fingerprint density at radius 3 is 2.13 bits per heavy atom. The van der Waals surface area contributed by atoms with Crippen molar-refractivity contribution in [1.29, 1.82) is 0 Å². The number of rotatable bonds is 4. The van der Waals surface area contributed by atoms with Crippen LogP contribution in [0.3, 0.4) is 0 Å². The first kappa shape index (κ1) is 17.9. The molecule has 1 aliphatic rings. The van der Waals surface area contributed by atoms with Gasteiger partial charge >= 0.3 is 11.9 Å². The normalized spacial score (nSPS) is 27.2. The van der Waals surface area contributed by atoms with Gasteiger partial charge in [-0.15, -0.1) is 0 Å². The lowest BCUT2D eigenvalue weighted by atomic mass is 9.78. The van der Waals surface area contributed by atoms with Gasteiger partial charge < -0.3 is 15.5 Å². The predicted molar refractivity (Wildman–Crippen MR) is 91.3 cm³/mol. The van der Waals surface area contributed by atoms with Crippen molar-refractivity contribution in [1.82, 2.24) is 0 Å². The molecule has 3 N–H and O–H groups in total. The van der Waals surface area contributed by atoms with Crippen LogP contribution >= 0.6 is 31.9 Å². The Balaban J connectivity index is 2.22. The van der Waals surface area contributed by atoms with Crippen LogP contribution in [0.5, 0.6) is 0 Å². The maximum absolute atomic E-state index is 12.5. The van der Waals surface area contributed by atoms with E-state index < -0.39 is 29.7 Å². The lowest BCUT2D eigenvalue weighted by molar-refractivity contribution is -0.147. The van der Waals surface area contributed by atoms with Gasteiger partial charge in [0.25, 0.3) is 0 Å². The van der Waals surface area contributed by atoms with E-state index in [0.29, 0.717) is 12.8 Å². The largest absolute Gasteiger partial charge is 0.481 e. The molecule has 0 aliphatic heterocycles. The van der Waals surface area contributed by atoms with Crippen LogP contribution in [0.25, 0.3) is 0 Å². The molecule has 0 spiro atoms. The van der Waals surface area contributed by atoms with Crippen molar-refractivity contribution >= 4 is 55.4 Å². The average Bonchev–Trinajstić information content (AvgIpc) is 2.49. The van der Waals surface area contributed by atoms with Crippen molar-refractivity contribution in [3.8, 4) is 0 Å². The summed E-state index contributed by atoms with van der Waals surface area (Å²) in [7, 11) is 0. The number of aliphatic carboxylic acids is 1. The highest BCUT2D eigenvalue weighted by Crippen LogP contribution is 2.38. The summed E-state index contributed by atoms with van der Waals surface area (Å²) >= 11 is 6.87. The molecular weight excluding hydrogens is 434 g/mol. The van der Waals surface area contributed by atoms with E-state index in [1.807, 2.05) is 0 Å². The number of para-hydroxylation sites is 1. The molecular formula is C15H15Br2NO5. The molecule has 1 amide bonds. The van der Waals surface area contributed by atoms with E-state index in [1.54, 1.807) is 12.1 Å². The van der Waals surface area contributed by atoms with Gasteiger partial charge in [-0.05, 0) is 25.0 Å². The molecule has 2 rings (SSSR count). The van der Waals surface area contributed by atoms with E-state index in [-0.39, 0.29) is 20.9 Å². The molecule has 1 aromatic rings. The average molecular weight is 449 g/mol. The molecule has 6 nitrogen and oxygen atoms in total. The summed E-state index contributed by atoms with van der Waals surface area (Å²) in [5, 5.41) is 21.1. The van der Waals surface area contributed by atoms with E-state index in [2.05, 4.69) is 37.2 Å². The quantitative estimate of drug-likeness (QED) is 0.614. The molecule has 8 heteroatoms. The standard InChI is InChI=1S/C15H15Br2NO5/c16-10-5-8(9(15(22)23)6-11(10)17)13(19)18-12-4-2-1-3-7(12)14(20)21/h1-4,8-11H,5-6H2,(H,18,19)(H,20,21)(H,22,23). The third kappa shape index (κ3) is 4.11. The van der Waals surface area contributed by atoms with E-state index in [4.69, 9.17) is 5.11 Å². The fourth-order valence-corrected chi connectivity index (χ4v) is 3.91. The van der Waals surface area contributed by atoms with Crippen LogP contribution in [0.15, 0.2) is 24.3 Å². The minimum atomic E-state index is -1.15. The molecule has 1 aliphatic carbocycles. The molecule has 0 heterocycles. The molecule has 4 unspecified atom stereocenters. The Bertz CT molecular complexity index is 636. The Morgan fingerprint density at radius 2 is 1.57 bits per heavy atom. The highest BCUT2D eigenvalue weighted by molar-refractivity contribution is 9.12. The smallest absolute Gasteiger partial charge is 0.337 e. The first-order chi connectivity index (χ1) is 10.8. The summed E-state index contributed by atoms with van der Waals surface area (Å²) in [6.07, 6.45) is 0.678. The first-order valence-corrected chi connectivity index (χ1v) is 8.78. The van der Waals surface area contributed by atoms with Gasteiger partial charge in [-0.3, -0.25) is 9.59 Å². The van der Waals surface area contributed by atoms with Gasteiger partial charge in [-0.1, -0.05) is 44.0 Å². The number of benzene rings is 1. The number of alkyl halides is 2. The second-order valence-electron chi connectivity index (χ2n) is 5.39. The topological polar surface area (TPSA) is 104 Å². The third-order valence-electron chi connectivity index (χ3n) is 3.91. The second-order valence-corrected chi connectivity index (χ2v) is 7.75. The number of halogens is 2. The Labute approximate surface area is 149 Å². The van der Waals surface area contributed by atoms with Crippen molar-refractivity contribution in [2.75, 3.05) is 5.32 Å². The van der Waals surface area contributed by atoms with Crippen LogP contribution in [0.1, 0.15) is 23.2 Å². The number of hydrogen-bond acceptors (Lipinski definition) is 3. The van der Waals surface area contributed by atoms with E-state index in [0.717, 1.165) is 0 Å². The summed E-state index contributed by atoms with van der Waals surface area (Å²) in [4.78, 5) is 35.1. The minimum Gasteiger partial charge on any atom is -0.481 e. The second kappa shape index (κ2) is 7.44. The molecule has 0 saturated heterocycles. The maximum Gasteiger partial charge on any atom is 0.337 e. The van der Waals surface area contributed by atoms with Crippen LogP contribution in [0.2, 0.25) is 0 Å². The highest BCUT2D eigenvalue weighted by atomic mass is 79.9. The summed E-state index contributed by atoms with van der Waals surface area (Å²) in [5.41, 5.74) is 0.138. The predicted octanol–water partition coefficient (Wildman–Crippen LogP) is 2.96. The summed E-state index contributed by atoms with van der Waals surface area (Å²) in [5.74, 6) is -4.20. The third-order valence-corrected chi connectivity index (χ3v) is 6.64. The maximum atomic E-state index is 12.5. The minimum absolute atomic E-state index is 0.0245. The molecule has 0 radical (unpaired) electrons. The Hall–Kier alpha value is -1.41. The van der Waals surface area contributed by atoms with Gasteiger partial charge in [-0.2, -0.15) is 0 Å². The van der Waals surface area contributed by atoms with Gasteiger partial charge in [0.2, 0.25) is 5.91 Å². The fraction of sp³-hybridized carbons (Fsp3) is 0.400. The van der Waals surface area contributed by atoms with Crippen LogP contribution in [-0.2, 0) is 9.59 Å². The monoisotopic (exact) mass is 447 g/mol. The Morgan fingerprint density at radius 1 is 1.00 bits per heavy atom. The summed E-state index contributed by atoms with van der Waals surface area (Å²) in [6, 6.07) is 6.04. The molecule has 1 aromatic carbocycles. The Kier molecular flexibility index (Phi) is 5.80. The molecule has 23 heavy (non-hydrogen) atoms. The number of anilines is 1. The van der Waals surface area contributed by atoms with Crippen LogP contribution in [-0.4, -0.2) is 37.7 Å². The number of carboxylic acids is 2. The molecule has 1 saturated carbocycles. The van der Waals surface area contributed by atoms with Gasteiger partial charge in [-0.25, -0.2) is 4.79 Å². The number of aromatic carboxylic acids is 1. The first-order valence-electron chi connectivity index (χ1n) is 6.95.